The van der Waals surface area contributed by atoms with Crippen LogP contribution in [0, 0.1) is 0 Å². The van der Waals surface area contributed by atoms with Crippen molar-refractivity contribution in [2.75, 3.05) is 13.2 Å². The number of carbonyl (C=O) groups is 3. The van der Waals surface area contributed by atoms with Crippen LogP contribution in [0.15, 0.2) is 146 Å². The van der Waals surface area contributed by atoms with E-state index in [1.54, 1.807) is 0 Å². The van der Waals surface area contributed by atoms with Crippen molar-refractivity contribution in [1.29, 1.82) is 0 Å². The maximum atomic E-state index is 12.8. The Hall–Kier alpha value is -4.71. The molecule has 0 aromatic heterocycles. The van der Waals surface area contributed by atoms with E-state index in [1.165, 1.54) is 77.0 Å². The van der Waals surface area contributed by atoms with Crippen molar-refractivity contribution in [2.45, 2.75) is 245 Å². The van der Waals surface area contributed by atoms with Crippen LogP contribution in [0.1, 0.15) is 239 Å². The summed E-state index contributed by atoms with van der Waals surface area (Å²) < 4.78 is 16.8. The van der Waals surface area contributed by atoms with Gasteiger partial charge in [0.1, 0.15) is 13.2 Å². The molecule has 0 fully saturated rings. The highest BCUT2D eigenvalue weighted by atomic mass is 16.6. The molecule has 1 unspecified atom stereocenters. The van der Waals surface area contributed by atoms with Crippen LogP contribution in [-0.4, -0.2) is 37.2 Å². The van der Waals surface area contributed by atoms with Crippen molar-refractivity contribution >= 4 is 17.9 Å². The zero-order valence-corrected chi connectivity index (χ0v) is 46.8. The van der Waals surface area contributed by atoms with E-state index < -0.39 is 6.10 Å². The molecule has 0 amide bonds. The minimum atomic E-state index is -0.835. The molecule has 73 heavy (non-hydrogen) atoms. The van der Waals surface area contributed by atoms with Gasteiger partial charge in [-0.2, -0.15) is 0 Å². The first-order valence-electron chi connectivity index (χ1n) is 29.3. The van der Waals surface area contributed by atoms with E-state index in [-0.39, 0.29) is 44.0 Å². The van der Waals surface area contributed by atoms with Crippen molar-refractivity contribution in [3.8, 4) is 0 Å². The number of esters is 3. The van der Waals surface area contributed by atoms with E-state index in [0.29, 0.717) is 19.3 Å². The fourth-order valence-electron chi connectivity index (χ4n) is 7.47. The molecule has 0 saturated carbocycles. The van der Waals surface area contributed by atoms with Crippen LogP contribution >= 0.6 is 0 Å². The summed E-state index contributed by atoms with van der Waals surface area (Å²) in [5, 5.41) is 0. The molecule has 410 valence electrons. The Balaban J connectivity index is 4.58. The smallest absolute Gasteiger partial charge is 0.306 e. The first-order valence-corrected chi connectivity index (χ1v) is 29.3. The van der Waals surface area contributed by atoms with Crippen molar-refractivity contribution in [3.63, 3.8) is 0 Å². The van der Waals surface area contributed by atoms with Crippen molar-refractivity contribution in [2.24, 2.45) is 0 Å². The highest BCUT2D eigenvalue weighted by Gasteiger charge is 2.19. The fraction of sp³-hybridized carbons (Fsp3) is 0.597. The summed E-state index contributed by atoms with van der Waals surface area (Å²) in [6, 6.07) is 0. The molecule has 0 spiro atoms. The molecule has 0 N–H and O–H groups in total. The van der Waals surface area contributed by atoms with Gasteiger partial charge in [-0.15, -0.1) is 0 Å². The molecule has 1 atom stereocenters. The maximum Gasteiger partial charge on any atom is 0.306 e. The van der Waals surface area contributed by atoms with Gasteiger partial charge in [0.2, 0.25) is 0 Å². The molecular weight excluding hydrogens is 901 g/mol. The Labute approximate surface area is 448 Å². The Kier molecular flexibility index (Phi) is 56.0. The molecule has 0 heterocycles. The summed E-state index contributed by atoms with van der Waals surface area (Å²) >= 11 is 0. The standard InChI is InChI=1S/C67H106O6/c1-4-7-10-13-16-19-22-25-28-31-32-33-34-37-39-42-45-48-51-54-57-60-66(69)72-63-64(73-67(70)61-58-55-52-49-46-43-40-36-30-27-24-21-18-15-12-9-6-3)62-71-65(68)59-56-53-50-47-44-41-38-35-29-26-23-20-17-14-11-8-5-2/h7,9-10,12,16,18-19,21,25-30,32-33,37,39-40,43,45,48-49,52,64H,4-6,8,11,13-15,17,20,22-24,31,34-36,38,41-42,44,46-47,50-51,53-63H2,1-3H3/b10-7-,12-9-,19-16-,21-18-,28-25-,29-26-,30-27-,33-32-,39-37-,43-40-,48-45-,52-49-. The summed E-state index contributed by atoms with van der Waals surface area (Å²) in [4.78, 5) is 38.2. The lowest BCUT2D eigenvalue weighted by Crippen LogP contribution is -2.30. The molecule has 0 aliphatic heterocycles. The SMILES string of the molecule is CC/C=C\C/C=C\C/C=C\C/C=C\C/C=C\C/C=C\CCCCC(=O)OCC(COC(=O)CCCCCCCCC/C=C\CCCCCCCC)OC(=O)CCC/C=C\C/C=C\C/C=C\C/C=C\C/C=C\CC. The summed E-state index contributed by atoms with van der Waals surface area (Å²) in [6.45, 7) is 6.31. The van der Waals surface area contributed by atoms with Gasteiger partial charge in [-0.25, -0.2) is 0 Å². The second-order valence-electron chi connectivity index (χ2n) is 18.8. The fourth-order valence-corrected chi connectivity index (χ4v) is 7.47. The zero-order chi connectivity index (χ0) is 52.9. The third kappa shape index (κ3) is 58.1. The normalized spacial score (nSPS) is 13.2. The monoisotopic (exact) mass is 1010 g/mol. The van der Waals surface area contributed by atoms with Crippen LogP contribution in [0.2, 0.25) is 0 Å². The first kappa shape index (κ1) is 68.3. The van der Waals surface area contributed by atoms with Crippen molar-refractivity contribution in [1.82, 2.24) is 0 Å². The lowest BCUT2D eigenvalue weighted by molar-refractivity contribution is -0.167. The second-order valence-corrected chi connectivity index (χ2v) is 18.8. The van der Waals surface area contributed by atoms with Gasteiger partial charge in [-0.3, -0.25) is 14.4 Å². The minimum absolute atomic E-state index is 0.122. The number of ether oxygens (including phenoxy) is 3. The number of allylic oxidation sites excluding steroid dienone is 24. The summed E-state index contributed by atoms with van der Waals surface area (Å²) in [5.74, 6) is -1.04. The van der Waals surface area contributed by atoms with Gasteiger partial charge in [-0.1, -0.05) is 231 Å². The number of hydrogen-bond acceptors (Lipinski definition) is 6. The zero-order valence-electron chi connectivity index (χ0n) is 46.8. The van der Waals surface area contributed by atoms with Crippen molar-refractivity contribution < 1.29 is 28.6 Å². The molecule has 0 aromatic rings. The molecule has 0 bridgehead atoms. The van der Waals surface area contributed by atoms with Gasteiger partial charge in [0, 0.05) is 19.3 Å². The topological polar surface area (TPSA) is 78.9 Å². The van der Waals surface area contributed by atoms with Gasteiger partial charge < -0.3 is 14.2 Å². The average Bonchev–Trinajstić information content (AvgIpc) is 3.39. The highest BCUT2D eigenvalue weighted by molar-refractivity contribution is 5.71. The molecule has 6 nitrogen and oxygen atoms in total. The third-order valence-corrected chi connectivity index (χ3v) is 11.8. The van der Waals surface area contributed by atoms with E-state index in [4.69, 9.17) is 14.2 Å². The summed E-state index contributed by atoms with van der Waals surface area (Å²) in [6.07, 6.45) is 85.6. The van der Waals surface area contributed by atoms with Crippen LogP contribution in [0.5, 0.6) is 0 Å². The lowest BCUT2D eigenvalue weighted by Gasteiger charge is -2.18. The van der Waals surface area contributed by atoms with Crippen LogP contribution < -0.4 is 0 Å². The third-order valence-electron chi connectivity index (χ3n) is 11.8. The Morgan fingerprint density at radius 2 is 0.548 bits per heavy atom. The number of rotatable bonds is 51. The quantitative estimate of drug-likeness (QED) is 0.0261. The van der Waals surface area contributed by atoms with Crippen LogP contribution in [0.3, 0.4) is 0 Å². The molecule has 0 radical (unpaired) electrons. The predicted octanol–water partition coefficient (Wildman–Crippen LogP) is 20.0. The van der Waals surface area contributed by atoms with Crippen LogP contribution in [-0.2, 0) is 28.6 Å². The van der Waals surface area contributed by atoms with Crippen molar-refractivity contribution in [3.05, 3.63) is 146 Å². The Bertz CT molecular complexity index is 1630. The van der Waals surface area contributed by atoms with E-state index >= 15 is 0 Å². The minimum Gasteiger partial charge on any atom is -0.462 e. The Morgan fingerprint density at radius 3 is 0.918 bits per heavy atom. The highest BCUT2D eigenvalue weighted by Crippen LogP contribution is 2.13. The predicted molar refractivity (Wildman–Crippen MR) is 315 cm³/mol. The van der Waals surface area contributed by atoms with Gasteiger partial charge in [0.25, 0.3) is 0 Å². The first-order chi connectivity index (χ1) is 36.0. The molecule has 0 rings (SSSR count). The molecule has 0 aromatic carbocycles. The largest absolute Gasteiger partial charge is 0.462 e. The number of hydrogen-bond donors (Lipinski definition) is 0. The van der Waals surface area contributed by atoms with E-state index in [9.17, 15) is 14.4 Å². The molecule has 0 saturated heterocycles. The average molecular weight is 1010 g/mol. The van der Waals surface area contributed by atoms with Gasteiger partial charge in [0.15, 0.2) is 6.10 Å². The molecular formula is C67H106O6. The van der Waals surface area contributed by atoms with Crippen LogP contribution in [0.25, 0.3) is 0 Å². The lowest BCUT2D eigenvalue weighted by atomic mass is 10.1. The second kappa shape index (κ2) is 59.8. The maximum absolute atomic E-state index is 12.8. The van der Waals surface area contributed by atoms with Gasteiger partial charge >= 0.3 is 17.9 Å². The summed E-state index contributed by atoms with van der Waals surface area (Å²) in [7, 11) is 0. The van der Waals surface area contributed by atoms with E-state index in [0.717, 1.165) is 109 Å². The Morgan fingerprint density at radius 1 is 0.288 bits per heavy atom. The molecule has 0 aliphatic carbocycles. The van der Waals surface area contributed by atoms with Gasteiger partial charge in [0.05, 0.1) is 0 Å². The number of carbonyl (C=O) groups excluding carboxylic acids is 3. The van der Waals surface area contributed by atoms with Gasteiger partial charge in [-0.05, 0) is 135 Å². The summed E-state index contributed by atoms with van der Waals surface area (Å²) in [5.41, 5.74) is 0. The van der Waals surface area contributed by atoms with E-state index in [1.807, 2.05) is 0 Å². The molecule has 0 aliphatic rings. The van der Waals surface area contributed by atoms with Crippen LogP contribution in [0.4, 0.5) is 0 Å². The molecule has 6 heteroatoms. The van der Waals surface area contributed by atoms with E-state index in [2.05, 4.69) is 167 Å². The number of unbranched alkanes of at least 4 members (excludes halogenated alkanes) is 16.